The Hall–Kier alpha value is -4.67. The summed E-state index contributed by atoms with van der Waals surface area (Å²) in [6, 6.07) is 10.7. The second-order valence-electron chi connectivity index (χ2n) is 7.57. The number of nitrogens with zero attached hydrogens (tertiary/aromatic N) is 4. The molecule has 0 N–H and O–H groups in total. The van der Waals surface area contributed by atoms with Crippen molar-refractivity contribution in [2.75, 3.05) is 0 Å². The van der Waals surface area contributed by atoms with Crippen molar-refractivity contribution in [3.63, 3.8) is 0 Å². The van der Waals surface area contributed by atoms with E-state index in [1.807, 2.05) is 0 Å². The molecule has 0 amide bonds. The first-order valence-corrected chi connectivity index (χ1v) is 10.3. The fourth-order valence-electron chi connectivity index (χ4n) is 3.71. The highest BCUT2D eigenvalue weighted by molar-refractivity contribution is 5.83. The highest BCUT2D eigenvalue weighted by Crippen LogP contribution is 2.37. The summed E-state index contributed by atoms with van der Waals surface area (Å²) in [5, 5.41) is 0.0221. The molecule has 0 spiro atoms. The Morgan fingerprint density at radius 2 is 1.72 bits per heavy atom. The molecule has 5 rings (SSSR count). The van der Waals surface area contributed by atoms with Crippen molar-refractivity contribution in [2.45, 2.75) is 6.18 Å². The number of alkyl halides is 3. The van der Waals surface area contributed by atoms with Gasteiger partial charge < -0.3 is 4.74 Å². The first-order valence-electron chi connectivity index (χ1n) is 10.3. The van der Waals surface area contributed by atoms with Crippen molar-refractivity contribution in [1.82, 2.24) is 19.5 Å². The number of ether oxygens (including phenoxy) is 1. The van der Waals surface area contributed by atoms with E-state index in [9.17, 15) is 26.7 Å². The summed E-state index contributed by atoms with van der Waals surface area (Å²) in [6.07, 6.45) is 0.516. The van der Waals surface area contributed by atoms with Gasteiger partial charge in [0.15, 0.2) is 0 Å². The minimum absolute atomic E-state index is 0.0221. The fourth-order valence-corrected chi connectivity index (χ4v) is 3.71. The number of pyridine rings is 2. The van der Waals surface area contributed by atoms with E-state index in [2.05, 4.69) is 15.0 Å². The van der Waals surface area contributed by atoms with Gasteiger partial charge in [-0.05, 0) is 48.5 Å². The number of halogens is 5. The van der Waals surface area contributed by atoms with Crippen LogP contribution < -0.4 is 10.3 Å². The number of hydrogen-bond donors (Lipinski definition) is 0. The summed E-state index contributed by atoms with van der Waals surface area (Å²) >= 11 is 0. The van der Waals surface area contributed by atoms with Gasteiger partial charge in [-0.1, -0.05) is 0 Å². The van der Waals surface area contributed by atoms with Crippen LogP contribution in [0.4, 0.5) is 22.0 Å². The number of aromatic nitrogens is 4. The van der Waals surface area contributed by atoms with Crippen LogP contribution in [0.5, 0.6) is 11.6 Å². The second kappa shape index (κ2) is 8.84. The van der Waals surface area contributed by atoms with Gasteiger partial charge in [0, 0.05) is 29.6 Å². The summed E-state index contributed by atoms with van der Waals surface area (Å²) in [5.41, 5.74) is -0.667. The number of hydrogen-bond acceptors (Lipinski definition) is 5. The fraction of sp³-hybridized carbons (Fsp3) is 0.0400. The molecule has 5 aromatic rings. The zero-order chi connectivity index (χ0) is 25.4. The molecular weight excluding hydrogens is 483 g/mol. The Kier molecular flexibility index (Phi) is 5.67. The van der Waals surface area contributed by atoms with Crippen LogP contribution in [-0.2, 0) is 6.18 Å². The van der Waals surface area contributed by atoms with Gasteiger partial charge in [0.05, 0.1) is 22.8 Å². The van der Waals surface area contributed by atoms with Gasteiger partial charge >= 0.3 is 6.18 Å². The normalized spacial score (nSPS) is 11.6. The Bertz CT molecular complexity index is 1670. The van der Waals surface area contributed by atoms with Gasteiger partial charge in [0.2, 0.25) is 5.88 Å². The van der Waals surface area contributed by atoms with E-state index in [1.165, 1.54) is 53.6 Å². The SMILES string of the molecule is O=c1ncn(-c2cnccc2-c2ccc(F)cc2F)c2ccc(Oc3ncccc3C(F)(F)F)cc12. The van der Waals surface area contributed by atoms with Crippen LogP contribution in [0.1, 0.15) is 5.56 Å². The predicted octanol–water partition coefficient (Wildman–Crippen LogP) is 5.93. The third-order valence-corrected chi connectivity index (χ3v) is 5.32. The molecule has 0 aliphatic carbocycles. The largest absolute Gasteiger partial charge is 0.438 e. The molecule has 0 saturated heterocycles. The Balaban J connectivity index is 1.63. The number of fused-ring (bicyclic) bond motifs is 1. The average molecular weight is 496 g/mol. The van der Waals surface area contributed by atoms with Crippen LogP contribution in [0.15, 0.2) is 84.3 Å². The molecule has 3 aromatic heterocycles. The Morgan fingerprint density at radius 1 is 0.889 bits per heavy atom. The lowest BCUT2D eigenvalue weighted by molar-refractivity contribution is -0.138. The number of rotatable bonds is 4. The van der Waals surface area contributed by atoms with Gasteiger partial charge in [-0.15, -0.1) is 0 Å². The lowest BCUT2D eigenvalue weighted by Crippen LogP contribution is -2.12. The molecule has 0 aliphatic heterocycles. The summed E-state index contributed by atoms with van der Waals surface area (Å²) in [4.78, 5) is 24.1. The first-order chi connectivity index (χ1) is 17.2. The smallest absolute Gasteiger partial charge is 0.421 e. The molecule has 0 unspecified atom stereocenters. The molecule has 11 heteroatoms. The van der Waals surface area contributed by atoms with E-state index in [1.54, 1.807) is 0 Å². The van der Waals surface area contributed by atoms with E-state index in [-0.39, 0.29) is 16.7 Å². The van der Waals surface area contributed by atoms with Crippen LogP contribution in [0, 0.1) is 11.6 Å². The van der Waals surface area contributed by atoms with Gasteiger partial charge in [-0.3, -0.25) is 14.3 Å². The maximum atomic E-state index is 14.5. The average Bonchev–Trinajstić information content (AvgIpc) is 2.84. The van der Waals surface area contributed by atoms with Gasteiger partial charge in [-0.25, -0.2) is 13.8 Å². The molecule has 0 bridgehead atoms. The standard InChI is InChI=1S/C25H13F5N4O2/c26-14-3-5-16(20(27)10-14)17-7-9-31-12-22(17)34-13-33-23(35)18-11-15(4-6-21(18)34)36-24-19(25(28,29)30)2-1-8-32-24/h1-13H. The van der Waals surface area contributed by atoms with Crippen LogP contribution >= 0.6 is 0 Å². The Morgan fingerprint density at radius 3 is 2.50 bits per heavy atom. The van der Waals surface area contributed by atoms with Crippen molar-refractivity contribution < 1.29 is 26.7 Å². The maximum absolute atomic E-state index is 14.5. The van der Waals surface area contributed by atoms with Crippen molar-refractivity contribution in [2.24, 2.45) is 0 Å². The molecule has 0 radical (unpaired) electrons. The van der Waals surface area contributed by atoms with Crippen molar-refractivity contribution >= 4 is 10.9 Å². The highest BCUT2D eigenvalue weighted by Gasteiger charge is 2.35. The molecule has 36 heavy (non-hydrogen) atoms. The lowest BCUT2D eigenvalue weighted by Gasteiger charge is -2.16. The first kappa shape index (κ1) is 23.1. The molecule has 0 saturated carbocycles. The summed E-state index contributed by atoms with van der Waals surface area (Å²) in [5.74, 6) is -2.28. The topological polar surface area (TPSA) is 69.9 Å². The van der Waals surface area contributed by atoms with Crippen LogP contribution in [0.2, 0.25) is 0 Å². The monoisotopic (exact) mass is 496 g/mol. The van der Waals surface area contributed by atoms with Gasteiger partial charge in [0.25, 0.3) is 5.56 Å². The zero-order valence-corrected chi connectivity index (χ0v) is 18.0. The van der Waals surface area contributed by atoms with Crippen LogP contribution in [0.25, 0.3) is 27.7 Å². The zero-order valence-electron chi connectivity index (χ0n) is 18.0. The highest BCUT2D eigenvalue weighted by atomic mass is 19.4. The lowest BCUT2D eigenvalue weighted by atomic mass is 10.0. The summed E-state index contributed by atoms with van der Waals surface area (Å²) in [6.45, 7) is 0. The molecule has 180 valence electrons. The van der Waals surface area contributed by atoms with E-state index in [0.717, 1.165) is 30.5 Å². The van der Waals surface area contributed by atoms with Crippen LogP contribution in [-0.4, -0.2) is 19.5 Å². The van der Waals surface area contributed by atoms with Crippen molar-refractivity contribution in [3.05, 3.63) is 107 Å². The van der Waals surface area contributed by atoms with Crippen molar-refractivity contribution in [1.29, 1.82) is 0 Å². The third-order valence-electron chi connectivity index (χ3n) is 5.32. The van der Waals surface area contributed by atoms with Gasteiger partial charge in [-0.2, -0.15) is 18.2 Å². The minimum atomic E-state index is -4.69. The number of benzene rings is 2. The quantitative estimate of drug-likeness (QED) is 0.289. The minimum Gasteiger partial charge on any atom is -0.438 e. The second-order valence-corrected chi connectivity index (χ2v) is 7.57. The molecule has 3 heterocycles. The van der Waals surface area contributed by atoms with E-state index < -0.39 is 34.8 Å². The molecule has 0 atom stereocenters. The summed E-state index contributed by atoms with van der Waals surface area (Å²) < 4.78 is 74.7. The molecule has 6 nitrogen and oxygen atoms in total. The van der Waals surface area contributed by atoms with Crippen molar-refractivity contribution in [3.8, 4) is 28.4 Å². The molecule has 2 aromatic carbocycles. The molecular formula is C25H13F5N4O2. The Labute approximate surface area is 199 Å². The third kappa shape index (κ3) is 4.26. The van der Waals surface area contributed by atoms with E-state index >= 15 is 0 Å². The maximum Gasteiger partial charge on any atom is 0.421 e. The summed E-state index contributed by atoms with van der Waals surface area (Å²) in [7, 11) is 0. The predicted molar refractivity (Wildman–Crippen MR) is 120 cm³/mol. The molecule has 0 fully saturated rings. The van der Waals surface area contributed by atoms with E-state index in [0.29, 0.717) is 16.8 Å². The van der Waals surface area contributed by atoms with Crippen LogP contribution in [0.3, 0.4) is 0 Å². The van der Waals surface area contributed by atoms with Gasteiger partial charge in [0.1, 0.15) is 29.3 Å². The molecule has 0 aliphatic rings. The van der Waals surface area contributed by atoms with E-state index in [4.69, 9.17) is 4.74 Å².